The van der Waals surface area contributed by atoms with Gasteiger partial charge in [0, 0.05) is 21.3 Å². The fraction of sp³-hybridized carbons (Fsp3) is 0. The topological polar surface area (TPSA) is 42.2 Å². The van der Waals surface area contributed by atoms with E-state index in [0.29, 0.717) is 28.3 Å². The summed E-state index contributed by atoms with van der Waals surface area (Å²) in [6, 6.07) is 15.6. The molecule has 1 aromatic heterocycles. The van der Waals surface area contributed by atoms with Crippen molar-refractivity contribution in [1.82, 2.24) is 0 Å². The van der Waals surface area contributed by atoms with Crippen LogP contribution < -0.4 is 5.32 Å². The zero-order chi connectivity index (χ0) is 16.7. The molecule has 0 saturated carbocycles. The number of halogens is 2. The smallest absolute Gasteiger partial charge is 0.256 e. The van der Waals surface area contributed by atoms with Gasteiger partial charge in [0.1, 0.15) is 17.3 Å². The first-order valence-corrected chi connectivity index (χ1v) is 8.08. The Hall–Kier alpha value is -2.66. The molecule has 3 aromatic rings. The molecule has 24 heavy (non-hydrogen) atoms. The van der Waals surface area contributed by atoms with Gasteiger partial charge in [0.05, 0.1) is 5.57 Å². The van der Waals surface area contributed by atoms with E-state index in [1.54, 1.807) is 18.2 Å². The highest BCUT2D eigenvalue weighted by Gasteiger charge is 2.24. The van der Waals surface area contributed by atoms with Crippen LogP contribution in [0, 0.1) is 5.82 Å². The quantitative estimate of drug-likeness (QED) is 0.606. The van der Waals surface area contributed by atoms with Crippen molar-refractivity contribution in [3.8, 4) is 11.3 Å². The fourth-order valence-electron chi connectivity index (χ4n) is 2.67. The first kappa shape index (κ1) is 14.9. The number of hydrogen-bond acceptors (Lipinski definition) is 2. The molecule has 0 unspecified atom stereocenters. The maximum atomic E-state index is 13.5. The molecule has 118 valence electrons. The largest absolute Gasteiger partial charge is 0.457 e. The molecule has 1 N–H and O–H groups in total. The van der Waals surface area contributed by atoms with Gasteiger partial charge in [-0.25, -0.2) is 4.39 Å². The van der Waals surface area contributed by atoms with Gasteiger partial charge in [-0.2, -0.15) is 0 Å². The highest BCUT2D eigenvalue weighted by Crippen LogP contribution is 2.34. The van der Waals surface area contributed by atoms with Crippen LogP contribution in [0.5, 0.6) is 0 Å². The van der Waals surface area contributed by atoms with Gasteiger partial charge in [-0.3, -0.25) is 4.79 Å². The number of nitrogens with one attached hydrogen (secondary N) is 1. The number of fused-ring (bicyclic) bond motifs is 1. The van der Waals surface area contributed by atoms with Crippen molar-refractivity contribution in [1.29, 1.82) is 0 Å². The average molecular weight is 384 g/mol. The van der Waals surface area contributed by atoms with Crippen molar-refractivity contribution in [3.05, 3.63) is 76.2 Å². The Kier molecular flexibility index (Phi) is 3.58. The third kappa shape index (κ3) is 2.67. The Balaban J connectivity index is 1.73. The molecular formula is C19H11BrFNO2. The first-order chi connectivity index (χ1) is 11.6. The number of carbonyl (C=O) groups excluding carboxylic acids is 1. The fourth-order valence-corrected chi connectivity index (χ4v) is 3.07. The lowest BCUT2D eigenvalue weighted by Gasteiger charge is -1.98. The summed E-state index contributed by atoms with van der Waals surface area (Å²) in [4.78, 5) is 12.1. The van der Waals surface area contributed by atoms with Gasteiger partial charge in [0.25, 0.3) is 5.91 Å². The third-order valence-electron chi connectivity index (χ3n) is 3.79. The second-order valence-electron chi connectivity index (χ2n) is 5.41. The van der Waals surface area contributed by atoms with Crippen LogP contribution in [0.4, 0.5) is 10.1 Å². The summed E-state index contributed by atoms with van der Waals surface area (Å²) >= 11 is 3.43. The summed E-state index contributed by atoms with van der Waals surface area (Å²) in [5, 5.41) is 2.72. The zero-order valence-electron chi connectivity index (χ0n) is 12.3. The van der Waals surface area contributed by atoms with E-state index < -0.39 is 0 Å². The third-order valence-corrected chi connectivity index (χ3v) is 4.28. The predicted octanol–water partition coefficient (Wildman–Crippen LogP) is 5.34. The number of furan rings is 1. The predicted molar refractivity (Wildman–Crippen MR) is 94.7 cm³/mol. The molecule has 0 saturated heterocycles. The van der Waals surface area contributed by atoms with Crippen LogP contribution in [-0.2, 0) is 4.79 Å². The Morgan fingerprint density at radius 3 is 2.79 bits per heavy atom. The lowest BCUT2D eigenvalue weighted by atomic mass is 10.1. The summed E-state index contributed by atoms with van der Waals surface area (Å²) in [5.74, 6) is 0.578. The summed E-state index contributed by atoms with van der Waals surface area (Å²) in [7, 11) is 0. The molecule has 1 amide bonds. The molecule has 0 radical (unpaired) electrons. The standard InChI is InChI=1S/C19H11BrFNO2/c20-12-3-1-2-11(8-12)18-7-5-14(24-18)10-16-15-9-13(21)4-6-17(15)22-19(16)23/h1-10H,(H,22,23)/b16-10-. The number of hydrogen-bond donors (Lipinski definition) is 1. The lowest BCUT2D eigenvalue weighted by Crippen LogP contribution is -2.03. The van der Waals surface area contributed by atoms with Crippen molar-refractivity contribution < 1.29 is 13.6 Å². The molecule has 2 aromatic carbocycles. The van der Waals surface area contributed by atoms with Crippen LogP contribution >= 0.6 is 15.9 Å². The molecule has 0 atom stereocenters. The van der Waals surface area contributed by atoms with Gasteiger partial charge in [0.15, 0.2) is 0 Å². The maximum Gasteiger partial charge on any atom is 0.256 e. The van der Waals surface area contributed by atoms with Crippen LogP contribution in [0.1, 0.15) is 11.3 Å². The summed E-state index contributed by atoms with van der Waals surface area (Å²) in [6.45, 7) is 0. The lowest BCUT2D eigenvalue weighted by molar-refractivity contribution is -0.110. The van der Waals surface area contributed by atoms with Crippen molar-refractivity contribution in [3.63, 3.8) is 0 Å². The maximum absolute atomic E-state index is 13.5. The Morgan fingerprint density at radius 2 is 1.96 bits per heavy atom. The Bertz CT molecular complexity index is 991. The van der Waals surface area contributed by atoms with Gasteiger partial charge in [-0.05, 0) is 48.5 Å². The minimum atomic E-state index is -0.384. The van der Waals surface area contributed by atoms with Crippen molar-refractivity contribution in [2.75, 3.05) is 5.32 Å². The second kappa shape index (κ2) is 5.76. The van der Waals surface area contributed by atoms with E-state index in [0.717, 1.165) is 10.0 Å². The molecule has 1 aliphatic heterocycles. The average Bonchev–Trinajstić information content (AvgIpc) is 3.14. The molecule has 5 heteroatoms. The number of carbonyl (C=O) groups is 1. The summed E-state index contributed by atoms with van der Waals surface area (Å²) < 4.78 is 20.2. The highest BCUT2D eigenvalue weighted by molar-refractivity contribution is 9.10. The molecule has 4 rings (SSSR count). The van der Waals surface area contributed by atoms with E-state index in [9.17, 15) is 9.18 Å². The summed E-state index contributed by atoms with van der Waals surface area (Å²) in [5.41, 5.74) is 2.46. The van der Waals surface area contributed by atoms with E-state index in [1.165, 1.54) is 12.1 Å². The second-order valence-corrected chi connectivity index (χ2v) is 6.33. The number of amides is 1. The Labute approximate surface area is 145 Å². The van der Waals surface area contributed by atoms with E-state index in [-0.39, 0.29) is 11.7 Å². The van der Waals surface area contributed by atoms with Crippen molar-refractivity contribution >= 4 is 39.2 Å². The molecular weight excluding hydrogens is 373 g/mol. The zero-order valence-corrected chi connectivity index (χ0v) is 13.9. The molecule has 2 heterocycles. The van der Waals surface area contributed by atoms with Crippen LogP contribution in [0.25, 0.3) is 23.0 Å². The molecule has 0 bridgehead atoms. The van der Waals surface area contributed by atoms with Crippen LogP contribution in [-0.4, -0.2) is 5.91 Å². The van der Waals surface area contributed by atoms with Crippen LogP contribution in [0.15, 0.2) is 63.5 Å². The summed E-state index contributed by atoms with van der Waals surface area (Å²) in [6.07, 6.45) is 1.63. The van der Waals surface area contributed by atoms with E-state index >= 15 is 0 Å². The van der Waals surface area contributed by atoms with Crippen molar-refractivity contribution in [2.45, 2.75) is 0 Å². The molecule has 3 nitrogen and oxygen atoms in total. The van der Waals surface area contributed by atoms with Gasteiger partial charge in [-0.1, -0.05) is 28.1 Å². The molecule has 0 aliphatic carbocycles. The minimum Gasteiger partial charge on any atom is -0.457 e. The normalized spacial score (nSPS) is 14.8. The van der Waals surface area contributed by atoms with E-state index in [4.69, 9.17) is 4.42 Å². The van der Waals surface area contributed by atoms with Gasteiger partial charge >= 0.3 is 0 Å². The Morgan fingerprint density at radius 1 is 1.08 bits per heavy atom. The highest BCUT2D eigenvalue weighted by atomic mass is 79.9. The van der Waals surface area contributed by atoms with Gasteiger partial charge in [0.2, 0.25) is 0 Å². The van der Waals surface area contributed by atoms with Gasteiger partial charge < -0.3 is 9.73 Å². The minimum absolute atomic E-state index is 0.268. The molecule has 0 spiro atoms. The SMILES string of the molecule is O=C1Nc2ccc(F)cc2/C1=C/c1ccc(-c2cccc(Br)c2)o1. The van der Waals surface area contributed by atoms with Crippen LogP contribution in [0.2, 0.25) is 0 Å². The van der Waals surface area contributed by atoms with Gasteiger partial charge in [-0.15, -0.1) is 0 Å². The molecule has 1 aliphatic rings. The number of benzene rings is 2. The number of anilines is 1. The van der Waals surface area contributed by atoms with Crippen LogP contribution in [0.3, 0.4) is 0 Å². The monoisotopic (exact) mass is 383 g/mol. The molecule has 0 fully saturated rings. The number of rotatable bonds is 2. The first-order valence-electron chi connectivity index (χ1n) is 7.29. The van der Waals surface area contributed by atoms with Crippen molar-refractivity contribution in [2.24, 2.45) is 0 Å². The van der Waals surface area contributed by atoms with E-state index in [2.05, 4.69) is 21.2 Å². The van der Waals surface area contributed by atoms with E-state index in [1.807, 2.05) is 30.3 Å².